The Morgan fingerprint density at radius 3 is 2.95 bits per heavy atom. The second kappa shape index (κ2) is 7.01. The molecule has 1 fully saturated rings. The Kier molecular flexibility index (Phi) is 5.34. The Balaban J connectivity index is 2.06. The predicted octanol–water partition coefficient (Wildman–Crippen LogP) is 4.11. The van der Waals surface area contributed by atoms with Gasteiger partial charge in [0.25, 0.3) is 0 Å². The number of anilines is 1. The van der Waals surface area contributed by atoms with Gasteiger partial charge < -0.3 is 14.8 Å². The quantitative estimate of drug-likeness (QED) is 0.882. The molecule has 1 aliphatic rings. The van der Waals surface area contributed by atoms with Crippen molar-refractivity contribution in [2.45, 2.75) is 44.8 Å². The van der Waals surface area contributed by atoms with Gasteiger partial charge in [-0.3, -0.25) is 0 Å². The molecule has 1 N–H and O–H groups in total. The SMILES string of the molecule is CCOc1ccc(Cl)cc1NC1CCCC(OC)C1. The maximum absolute atomic E-state index is 6.07. The molecule has 1 aliphatic carbocycles. The van der Waals surface area contributed by atoms with Crippen molar-refractivity contribution in [3.63, 3.8) is 0 Å². The standard InChI is InChI=1S/C15H22ClNO2/c1-3-19-15-8-7-11(16)9-14(15)17-12-5-4-6-13(10-12)18-2/h7-9,12-13,17H,3-6,10H2,1-2H3. The molecule has 0 heterocycles. The number of halogens is 1. The molecule has 1 aromatic rings. The molecule has 0 aromatic heterocycles. The van der Waals surface area contributed by atoms with Crippen molar-refractivity contribution >= 4 is 17.3 Å². The maximum atomic E-state index is 6.07. The molecule has 106 valence electrons. The van der Waals surface area contributed by atoms with E-state index in [1.54, 1.807) is 7.11 Å². The lowest BCUT2D eigenvalue weighted by Gasteiger charge is -2.30. The van der Waals surface area contributed by atoms with Gasteiger partial charge in [0.05, 0.1) is 18.4 Å². The first-order chi connectivity index (χ1) is 9.22. The van der Waals surface area contributed by atoms with Gasteiger partial charge in [0.1, 0.15) is 5.75 Å². The largest absolute Gasteiger partial charge is 0.492 e. The highest BCUT2D eigenvalue weighted by Gasteiger charge is 2.22. The molecular weight excluding hydrogens is 262 g/mol. The van der Waals surface area contributed by atoms with Crippen molar-refractivity contribution in [3.8, 4) is 5.75 Å². The molecule has 3 nitrogen and oxygen atoms in total. The summed E-state index contributed by atoms with van der Waals surface area (Å²) in [5.41, 5.74) is 0.983. The smallest absolute Gasteiger partial charge is 0.142 e. The van der Waals surface area contributed by atoms with Crippen LogP contribution in [0.4, 0.5) is 5.69 Å². The van der Waals surface area contributed by atoms with Crippen LogP contribution in [0.25, 0.3) is 0 Å². The first-order valence-corrected chi connectivity index (χ1v) is 7.32. The molecule has 0 bridgehead atoms. The van der Waals surface area contributed by atoms with E-state index in [0.717, 1.165) is 35.7 Å². The number of benzene rings is 1. The number of hydrogen-bond donors (Lipinski definition) is 1. The zero-order valence-electron chi connectivity index (χ0n) is 11.6. The lowest BCUT2D eigenvalue weighted by atomic mass is 9.92. The minimum Gasteiger partial charge on any atom is -0.492 e. The van der Waals surface area contributed by atoms with Crippen molar-refractivity contribution in [1.29, 1.82) is 0 Å². The average Bonchev–Trinajstić information content (AvgIpc) is 2.42. The number of hydrogen-bond acceptors (Lipinski definition) is 3. The van der Waals surface area contributed by atoms with E-state index >= 15 is 0 Å². The van der Waals surface area contributed by atoms with Gasteiger partial charge in [-0.05, 0) is 50.8 Å². The van der Waals surface area contributed by atoms with Crippen LogP contribution in [0.1, 0.15) is 32.6 Å². The first kappa shape index (κ1) is 14.5. The predicted molar refractivity (Wildman–Crippen MR) is 79.3 cm³/mol. The van der Waals surface area contributed by atoms with Gasteiger partial charge in [0.2, 0.25) is 0 Å². The Labute approximate surface area is 120 Å². The van der Waals surface area contributed by atoms with Crippen LogP contribution in [-0.4, -0.2) is 25.9 Å². The van der Waals surface area contributed by atoms with Crippen LogP contribution in [0.15, 0.2) is 18.2 Å². The van der Waals surface area contributed by atoms with E-state index in [0.29, 0.717) is 18.8 Å². The van der Waals surface area contributed by atoms with E-state index in [9.17, 15) is 0 Å². The third kappa shape index (κ3) is 4.02. The molecule has 2 rings (SSSR count). The fourth-order valence-electron chi connectivity index (χ4n) is 2.61. The van der Waals surface area contributed by atoms with E-state index in [1.165, 1.54) is 6.42 Å². The summed E-state index contributed by atoms with van der Waals surface area (Å²) in [6.07, 6.45) is 4.91. The fraction of sp³-hybridized carbons (Fsp3) is 0.600. The van der Waals surface area contributed by atoms with Crippen LogP contribution in [-0.2, 0) is 4.74 Å². The molecule has 0 aliphatic heterocycles. The second-order valence-electron chi connectivity index (χ2n) is 4.94. The number of nitrogens with one attached hydrogen (secondary N) is 1. The highest BCUT2D eigenvalue weighted by atomic mass is 35.5. The Hall–Kier alpha value is -0.930. The van der Waals surface area contributed by atoms with E-state index in [1.807, 2.05) is 25.1 Å². The van der Waals surface area contributed by atoms with Gasteiger partial charge in [0.15, 0.2) is 0 Å². The molecule has 0 amide bonds. The fourth-order valence-corrected chi connectivity index (χ4v) is 2.78. The van der Waals surface area contributed by atoms with Crippen LogP contribution in [0.5, 0.6) is 5.75 Å². The molecule has 2 unspecified atom stereocenters. The minimum absolute atomic E-state index is 0.362. The summed E-state index contributed by atoms with van der Waals surface area (Å²) in [5, 5.41) is 4.28. The maximum Gasteiger partial charge on any atom is 0.142 e. The second-order valence-corrected chi connectivity index (χ2v) is 5.38. The van der Waals surface area contributed by atoms with Gasteiger partial charge in [-0.1, -0.05) is 11.6 Å². The summed E-state index contributed by atoms with van der Waals surface area (Å²) < 4.78 is 11.1. The molecule has 1 aromatic carbocycles. The molecule has 0 spiro atoms. The van der Waals surface area contributed by atoms with Crippen LogP contribution in [0.2, 0.25) is 5.02 Å². The summed E-state index contributed by atoms with van der Waals surface area (Å²) in [5.74, 6) is 0.867. The Bertz CT molecular complexity index is 411. The lowest BCUT2D eigenvalue weighted by molar-refractivity contribution is 0.0669. The van der Waals surface area contributed by atoms with Gasteiger partial charge in [-0.15, -0.1) is 0 Å². The van der Waals surface area contributed by atoms with Crippen molar-refractivity contribution in [2.24, 2.45) is 0 Å². The van der Waals surface area contributed by atoms with Gasteiger partial charge in [-0.2, -0.15) is 0 Å². The first-order valence-electron chi connectivity index (χ1n) is 6.94. The molecule has 4 heteroatoms. The van der Waals surface area contributed by atoms with Gasteiger partial charge in [-0.25, -0.2) is 0 Å². The third-order valence-electron chi connectivity index (χ3n) is 3.56. The summed E-state index contributed by atoms with van der Waals surface area (Å²) in [6, 6.07) is 6.14. The number of methoxy groups -OCH3 is 1. The summed E-state index contributed by atoms with van der Waals surface area (Å²) in [4.78, 5) is 0. The van der Waals surface area contributed by atoms with Crippen LogP contribution < -0.4 is 10.1 Å². The Morgan fingerprint density at radius 1 is 1.37 bits per heavy atom. The van der Waals surface area contributed by atoms with E-state index in [-0.39, 0.29) is 0 Å². The highest BCUT2D eigenvalue weighted by molar-refractivity contribution is 6.30. The van der Waals surface area contributed by atoms with E-state index < -0.39 is 0 Å². The molecule has 0 saturated heterocycles. The van der Waals surface area contributed by atoms with Crippen LogP contribution in [0, 0.1) is 0 Å². The summed E-state index contributed by atoms with van der Waals surface area (Å²) in [6.45, 7) is 2.64. The number of rotatable bonds is 5. The van der Waals surface area contributed by atoms with E-state index in [4.69, 9.17) is 21.1 Å². The van der Waals surface area contributed by atoms with Crippen molar-refractivity contribution in [3.05, 3.63) is 23.2 Å². The van der Waals surface area contributed by atoms with Crippen LogP contribution in [0.3, 0.4) is 0 Å². The third-order valence-corrected chi connectivity index (χ3v) is 3.80. The summed E-state index contributed by atoms with van der Waals surface area (Å²) >= 11 is 6.07. The Morgan fingerprint density at radius 2 is 2.21 bits per heavy atom. The zero-order chi connectivity index (χ0) is 13.7. The number of ether oxygens (including phenoxy) is 2. The van der Waals surface area contributed by atoms with Gasteiger partial charge >= 0.3 is 0 Å². The molecule has 2 atom stereocenters. The molecule has 19 heavy (non-hydrogen) atoms. The van der Waals surface area contributed by atoms with Crippen LogP contribution >= 0.6 is 11.6 Å². The average molecular weight is 284 g/mol. The normalized spacial score (nSPS) is 23.1. The summed E-state index contributed by atoms with van der Waals surface area (Å²) in [7, 11) is 1.79. The topological polar surface area (TPSA) is 30.5 Å². The monoisotopic (exact) mass is 283 g/mol. The van der Waals surface area contributed by atoms with E-state index in [2.05, 4.69) is 5.32 Å². The van der Waals surface area contributed by atoms with Crippen molar-refractivity contribution in [2.75, 3.05) is 19.0 Å². The molecule has 0 radical (unpaired) electrons. The minimum atomic E-state index is 0.362. The van der Waals surface area contributed by atoms with Crippen molar-refractivity contribution < 1.29 is 9.47 Å². The molecule has 1 saturated carbocycles. The van der Waals surface area contributed by atoms with Crippen molar-refractivity contribution in [1.82, 2.24) is 0 Å². The lowest BCUT2D eigenvalue weighted by Crippen LogP contribution is -2.31. The molecular formula is C15H22ClNO2. The zero-order valence-corrected chi connectivity index (χ0v) is 12.4. The van der Waals surface area contributed by atoms with Gasteiger partial charge in [0, 0.05) is 18.2 Å². The highest BCUT2D eigenvalue weighted by Crippen LogP contribution is 2.31.